The van der Waals surface area contributed by atoms with E-state index in [0.29, 0.717) is 53.5 Å². The van der Waals surface area contributed by atoms with Gasteiger partial charge in [-0.2, -0.15) is 0 Å². The Balaban J connectivity index is 0.00000348. The minimum absolute atomic E-state index is 0. The molecule has 1 fully saturated rings. The number of aliphatic hydroxyl groups excluding tert-OH is 1. The Bertz CT molecular complexity index is 2110. The first kappa shape index (κ1) is 43.8. The van der Waals surface area contributed by atoms with E-state index in [4.69, 9.17) is 10.5 Å². The number of aryl methyl sites for hydroxylation is 1. The maximum Gasteiger partial charge on any atom is 0.411 e. The number of amides is 2. The largest absolute Gasteiger partial charge is 0.506 e. The van der Waals surface area contributed by atoms with E-state index in [1.807, 2.05) is 79.7 Å². The smallest absolute Gasteiger partial charge is 0.411 e. The summed E-state index contributed by atoms with van der Waals surface area (Å²) in [6, 6.07) is 29.9. The fourth-order valence-corrected chi connectivity index (χ4v) is 7.02. The summed E-state index contributed by atoms with van der Waals surface area (Å²) in [6.07, 6.45) is 4.12. The summed E-state index contributed by atoms with van der Waals surface area (Å²) in [5.74, 6) is -0.123. The Morgan fingerprint density at radius 2 is 1.61 bits per heavy atom. The van der Waals surface area contributed by atoms with Gasteiger partial charge in [-0.3, -0.25) is 14.9 Å². The Hall–Kier alpha value is -4.91. The van der Waals surface area contributed by atoms with E-state index < -0.39 is 12.2 Å². The van der Waals surface area contributed by atoms with Crippen molar-refractivity contribution in [2.24, 2.45) is 5.73 Å². The molecular weight excluding hydrogens is 753 g/mol. The van der Waals surface area contributed by atoms with Crippen molar-refractivity contribution in [3.8, 4) is 16.9 Å². The van der Waals surface area contributed by atoms with Gasteiger partial charge in [0, 0.05) is 47.8 Å². The second-order valence-corrected chi connectivity index (χ2v) is 14.2. The number of nitrogens with two attached hydrogens (primary N) is 1. The van der Waals surface area contributed by atoms with Gasteiger partial charge in [-0.1, -0.05) is 60.7 Å². The van der Waals surface area contributed by atoms with Crippen LogP contribution in [0.2, 0.25) is 0 Å². The molecule has 11 nitrogen and oxygen atoms in total. The number of aliphatic hydroxyl groups is 1. The second-order valence-electron chi connectivity index (χ2n) is 14.2. The van der Waals surface area contributed by atoms with E-state index in [0.717, 1.165) is 47.9 Å². The van der Waals surface area contributed by atoms with Crippen LogP contribution in [0.5, 0.6) is 5.75 Å². The number of carbonyl (C=O) groups is 2. The molecule has 8 N–H and O–H groups in total. The lowest BCUT2D eigenvalue weighted by molar-refractivity contribution is -0.116. The van der Waals surface area contributed by atoms with Gasteiger partial charge < -0.3 is 36.3 Å². The van der Waals surface area contributed by atoms with E-state index in [-0.39, 0.29) is 66.8 Å². The molecule has 0 radical (unpaired) electrons. The van der Waals surface area contributed by atoms with Gasteiger partial charge in [0.1, 0.15) is 11.9 Å². The predicted molar refractivity (Wildman–Crippen MR) is 227 cm³/mol. The molecule has 6 rings (SSSR count). The Kier molecular flexibility index (Phi) is 16.3. The van der Waals surface area contributed by atoms with Crippen LogP contribution >= 0.6 is 24.8 Å². The average molecular weight is 805 g/mol. The third-order valence-electron chi connectivity index (χ3n) is 9.97. The van der Waals surface area contributed by atoms with Gasteiger partial charge in [-0.15, -0.1) is 24.8 Å². The van der Waals surface area contributed by atoms with Crippen LogP contribution in [-0.2, 0) is 22.4 Å². The summed E-state index contributed by atoms with van der Waals surface area (Å²) >= 11 is 0. The number of ether oxygens (including phenoxy) is 1. The van der Waals surface area contributed by atoms with E-state index in [9.17, 15) is 24.6 Å². The van der Waals surface area contributed by atoms with Gasteiger partial charge in [-0.25, -0.2) is 4.79 Å². The van der Waals surface area contributed by atoms with Crippen LogP contribution in [0.15, 0.2) is 102 Å². The summed E-state index contributed by atoms with van der Waals surface area (Å²) in [6.45, 7) is 2.31. The molecule has 13 heteroatoms. The van der Waals surface area contributed by atoms with Crippen molar-refractivity contribution in [1.82, 2.24) is 10.3 Å². The van der Waals surface area contributed by atoms with Gasteiger partial charge in [0.25, 0.3) is 0 Å². The molecule has 1 heterocycles. The zero-order valence-electron chi connectivity index (χ0n) is 31.3. The van der Waals surface area contributed by atoms with Gasteiger partial charge in [0.05, 0.1) is 17.3 Å². The number of halogens is 2. The molecule has 0 spiro atoms. The zero-order chi connectivity index (χ0) is 38.0. The highest BCUT2D eigenvalue weighted by molar-refractivity contribution is 5.92. The zero-order valence-corrected chi connectivity index (χ0v) is 33.0. The molecule has 1 saturated carbocycles. The number of phenols is 1. The number of rotatable bonds is 14. The highest BCUT2D eigenvalue weighted by Crippen LogP contribution is 2.31. The number of carbonyl (C=O) groups excluding carboxylic acids is 2. The first-order chi connectivity index (χ1) is 26.1. The van der Waals surface area contributed by atoms with Crippen molar-refractivity contribution in [3.05, 3.63) is 124 Å². The summed E-state index contributed by atoms with van der Waals surface area (Å²) in [7, 11) is 0. The van der Waals surface area contributed by atoms with E-state index in [1.165, 1.54) is 12.1 Å². The van der Waals surface area contributed by atoms with Crippen LogP contribution in [0.1, 0.15) is 68.2 Å². The van der Waals surface area contributed by atoms with Gasteiger partial charge >= 0.3 is 6.09 Å². The van der Waals surface area contributed by atoms with Gasteiger partial charge in [-0.05, 0) is 104 Å². The number of nitrogens with one attached hydrogen (secondary N) is 4. The van der Waals surface area contributed by atoms with E-state index >= 15 is 0 Å². The van der Waals surface area contributed by atoms with Gasteiger partial charge in [0.15, 0.2) is 0 Å². The van der Waals surface area contributed by atoms with Crippen LogP contribution in [0.3, 0.4) is 0 Å². The maximum atomic E-state index is 12.9. The molecule has 2 atom stereocenters. The van der Waals surface area contributed by atoms with Crippen molar-refractivity contribution < 1.29 is 24.5 Å². The molecular formula is C43H51Cl2N5O6. The number of aromatic nitrogens is 1. The number of aromatic amines is 1. The standard InChI is InChI=1S/C43H49N5O6.2ClH/c1-27(45-26-39(50)35-20-22-38(49)42-36(35)21-23-41(52)48-42)24-29-10-15-32(16-11-29)46-40(51)9-5-6-28-12-19-34(30-7-3-2-4-8-30)37(25-28)47-43(53)54-33-17-13-31(44)14-18-33;;/h2-4,7-8,10-12,15-16,19-23,25,27,31,33,39,45,49-50H,5-6,9,13-14,17-18,24,26,44H2,1H3,(H,46,51)(H,47,53)(H,48,52);2*1H/t27?,31?,33?,39-;;/m0../s1. The normalized spacial score (nSPS) is 16.1. The number of fused-ring (bicyclic) bond motifs is 1. The van der Waals surface area contributed by atoms with E-state index in [1.54, 1.807) is 12.1 Å². The second kappa shape index (κ2) is 20.8. The molecule has 5 aromatic rings. The highest BCUT2D eigenvalue weighted by atomic mass is 35.5. The third-order valence-corrected chi connectivity index (χ3v) is 9.97. The fraction of sp³-hybridized carbons (Fsp3) is 0.326. The molecule has 56 heavy (non-hydrogen) atoms. The van der Waals surface area contributed by atoms with Crippen LogP contribution in [0.4, 0.5) is 16.2 Å². The first-order valence-corrected chi connectivity index (χ1v) is 18.7. The molecule has 1 aromatic heterocycles. The minimum atomic E-state index is -0.845. The number of hydrogen-bond acceptors (Lipinski definition) is 8. The summed E-state index contributed by atoms with van der Waals surface area (Å²) in [5, 5.41) is 31.0. The molecule has 1 aliphatic rings. The van der Waals surface area contributed by atoms with Crippen molar-refractivity contribution in [3.63, 3.8) is 0 Å². The molecule has 0 aliphatic heterocycles. The lowest BCUT2D eigenvalue weighted by Gasteiger charge is -2.26. The molecule has 298 valence electrons. The quantitative estimate of drug-likeness (QED) is 0.0595. The maximum absolute atomic E-state index is 12.9. The molecule has 4 aromatic carbocycles. The number of aromatic hydroxyl groups is 1. The van der Waals surface area contributed by atoms with Crippen LogP contribution < -0.4 is 27.2 Å². The van der Waals surface area contributed by atoms with Crippen molar-refractivity contribution in [2.45, 2.75) is 82.6 Å². The monoisotopic (exact) mass is 803 g/mol. The lowest BCUT2D eigenvalue weighted by Crippen LogP contribution is -2.32. The number of hydrogen-bond donors (Lipinski definition) is 7. The highest BCUT2D eigenvalue weighted by Gasteiger charge is 2.22. The van der Waals surface area contributed by atoms with Crippen molar-refractivity contribution in [2.75, 3.05) is 17.2 Å². The van der Waals surface area contributed by atoms with E-state index in [2.05, 4.69) is 20.9 Å². The molecule has 0 saturated heterocycles. The van der Waals surface area contributed by atoms with Crippen LogP contribution in [0.25, 0.3) is 22.0 Å². The number of phenolic OH excluding ortho intramolecular Hbond substituents is 1. The summed E-state index contributed by atoms with van der Waals surface area (Å²) < 4.78 is 5.74. The molecule has 1 unspecified atom stereocenters. The first-order valence-electron chi connectivity index (χ1n) is 18.7. The van der Waals surface area contributed by atoms with Crippen molar-refractivity contribution in [1.29, 1.82) is 0 Å². The van der Waals surface area contributed by atoms with Crippen LogP contribution in [-0.4, -0.2) is 51.9 Å². The van der Waals surface area contributed by atoms with Gasteiger partial charge in [0.2, 0.25) is 11.5 Å². The predicted octanol–water partition coefficient (Wildman–Crippen LogP) is 7.78. The summed E-state index contributed by atoms with van der Waals surface area (Å²) in [4.78, 5) is 40.1. The molecule has 0 bridgehead atoms. The Morgan fingerprint density at radius 3 is 2.34 bits per heavy atom. The SMILES string of the molecule is CC(Cc1ccc(NC(=O)CCCc2ccc(-c3ccccc3)c(NC(=O)OC3CCC(N)CC3)c2)cc1)NC[C@H](O)c1ccc(O)c2[nH]c(=O)ccc12.Cl.Cl. The van der Waals surface area contributed by atoms with Crippen molar-refractivity contribution >= 4 is 59.1 Å². The lowest BCUT2D eigenvalue weighted by atomic mass is 9.94. The third kappa shape index (κ3) is 12.0. The number of pyridine rings is 1. The Morgan fingerprint density at radius 1 is 0.893 bits per heavy atom. The molecule has 2 amide bonds. The average Bonchev–Trinajstić information content (AvgIpc) is 3.16. The Labute approximate surface area is 339 Å². The topological polar surface area (TPSA) is 179 Å². The van der Waals surface area contributed by atoms with Crippen LogP contribution in [0, 0.1) is 0 Å². The number of H-pyrrole nitrogens is 1. The molecule has 1 aliphatic carbocycles. The number of anilines is 2. The minimum Gasteiger partial charge on any atom is -0.506 e. The fourth-order valence-electron chi connectivity index (χ4n) is 7.02. The number of benzene rings is 4. The summed E-state index contributed by atoms with van der Waals surface area (Å²) in [5.41, 5.74) is 12.0.